The average molecular weight is 194 g/mol. The van der Waals surface area contributed by atoms with Gasteiger partial charge in [-0.1, -0.05) is 0 Å². The molecule has 0 heterocycles. The van der Waals surface area contributed by atoms with E-state index in [9.17, 15) is 0 Å². The molecule has 0 aliphatic heterocycles. The smallest absolute Gasteiger partial charge is 0.0776 e. The van der Waals surface area contributed by atoms with Gasteiger partial charge in [-0.25, -0.2) is 0 Å². The monoisotopic (exact) mass is 194 g/mol. The van der Waals surface area contributed by atoms with E-state index in [4.69, 9.17) is 19.3 Å². The van der Waals surface area contributed by atoms with E-state index in [1.165, 1.54) is 0 Å². The number of methoxy groups -OCH3 is 2. The van der Waals surface area contributed by atoms with Gasteiger partial charge < -0.3 is 19.3 Å². The fraction of sp³-hybridized carbons (Fsp3) is 1.00. The van der Waals surface area contributed by atoms with Gasteiger partial charge in [0.25, 0.3) is 0 Å². The summed E-state index contributed by atoms with van der Waals surface area (Å²) in [5.74, 6) is 0. The van der Waals surface area contributed by atoms with Gasteiger partial charge in [-0.15, -0.1) is 0 Å². The van der Waals surface area contributed by atoms with Crippen molar-refractivity contribution in [3.63, 3.8) is 0 Å². The van der Waals surface area contributed by atoms with Crippen molar-refractivity contribution in [1.29, 1.82) is 0 Å². The molecule has 0 bridgehead atoms. The number of aliphatic hydroxyl groups excluding tert-OH is 1. The molecule has 0 aromatic heterocycles. The lowest BCUT2D eigenvalue weighted by Crippen LogP contribution is -2.11. The molecule has 4 nitrogen and oxygen atoms in total. The van der Waals surface area contributed by atoms with E-state index in [0.717, 1.165) is 0 Å². The SMILES string of the molecule is CCOCCO.COCC(C)OC. The van der Waals surface area contributed by atoms with Crippen LogP contribution in [0.4, 0.5) is 0 Å². The van der Waals surface area contributed by atoms with Crippen molar-refractivity contribution in [3.8, 4) is 0 Å². The Morgan fingerprint density at radius 2 is 1.92 bits per heavy atom. The molecule has 0 saturated carbocycles. The van der Waals surface area contributed by atoms with Crippen LogP contribution >= 0.6 is 0 Å². The van der Waals surface area contributed by atoms with Crippen LogP contribution in [0.15, 0.2) is 0 Å². The van der Waals surface area contributed by atoms with Gasteiger partial charge in [-0.2, -0.15) is 0 Å². The summed E-state index contributed by atoms with van der Waals surface area (Å²) in [7, 11) is 3.33. The number of aliphatic hydroxyl groups is 1. The molecule has 82 valence electrons. The second-order valence-electron chi connectivity index (χ2n) is 2.42. The summed E-state index contributed by atoms with van der Waals surface area (Å²) in [5.41, 5.74) is 0. The maximum atomic E-state index is 8.07. The molecule has 4 heteroatoms. The average Bonchev–Trinajstić information content (AvgIpc) is 2.16. The lowest BCUT2D eigenvalue weighted by molar-refractivity contribution is 0.0401. The fourth-order valence-electron chi connectivity index (χ4n) is 0.512. The second-order valence-corrected chi connectivity index (χ2v) is 2.42. The molecule has 0 amide bonds. The van der Waals surface area contributed by atoms with E-state index in [0.29, 0.717) is 19.8 Å². The first-order chi connectivity index (χ1) is 6.22. The summed E-state index contributed by atoms with van der Waals surface area (Å²) in [4.78, 5) is 0. The topological polar surface area (TPSA) is 47.9 Å². The van der Waals surface area contributed by atoms with E-state index in [1.807, 2.05) is 13.8 Å². The third-order valence-electron chi connectivity index (χ3n) is 1.24. The van der Waals surface area contributed by atoms with Gasteiger partial charge in [0.2, 0.25) is 0 Å². The lowest BCUT2D eigenvalue weighted by atomic mass is 10.4. The molecule has 0 aliphatic carbocycles. The molecule has 0 saturated heterocycles. The van der Waals surface area contributed by atoms with Gasteiger partial charge >= 0.3 is 0 Å². The molecule has 0 aromatic rings. The molecular formula is C9H22O4. The number of ether oxygens (including phenoxy) is 3. The highest BCUT2D eigenvalue weighted by Gasteiger charge is 1.93. The normalized spacial score (nSPS) is 11.8. The van der Waals surface area contributed by atoms with Crippen LogP contribution in [0, 0.1) is 0 Å². The predicted octanol–water partition coefficient (Wildman–Crippen LogP) is 0.683. The van der Waals surface area contributed by atoms with Crippen molar-refractivity contribution < 1.29 is 19.3 Å². The van der Waals surface area contributed by atoms with E-state index in [2.05, 4.69) is 0 Å². The summed E-state index contributed by atoms with van der Waals surface area (Å²) in [6.07, 6.45) is 0.227. The Labute approximate surface area is 80.8 Å². The Kier molecular flexibility index (Phi) is 16.9. The Morgan fingerprint density at radius 3 is 2.08 bits per heavy atom. The third-order valence-corrected chi connectivity index (χ3v) is 1.24. The molecule has 0 spiro atoms. The molecule has 0 radical (unpaired) electrons. The van der Waals surface area contributed by atoms with E-state index in [-0.39, 0.29) is 12.7 Å². The molecule has 0 aromatic carbocycles. The molecular weight excluding hydrogens is 172 g/mol. The standard InChI is InChI=1S/C5H12O2.C4H10O2/c1-5(7-3)4-6-2;1-2-6-4-3-5/h5H,4H2,1-3H3;5H,2-4H2,1H3. The zero-order valence-corrected chi connectivity index (χ0v) is 9.08. The highest BCUT2D eigenvalue weighted by molar-refractivity contribution is 4.41. The van der Waals surface area contributed by atoms with Crippen LogP contribution in [0.3, 0.4) is 0 Å². The number of hydrogen-bond donors (Lipinski definition) is 1. The van der Waals surface area contributed by atoms with Crippen LogP contribution in [0.2, 0.25) is 0 Å². The second kappa shape index (κ2) is 14.4. The Bertz CT molecular complexity index is 74.0. The lowest BCUT2D eigenvalue weighted by Gasteiger charge is -2.05. The minimum Gasteiger partial charge on any atom is -0.394 e. The van der Waals surface area contributed by atoms with E-state index < -0.39 is 0 Å². The summed E-state index contributed by atoms with van der Waals surface area (Å²) < 4.78 is 14.4. The Hall–Kier alpha value is -0.160. The van der Waals surface area contributed by atoms with Crippen molar-refractivity contribution in [3.05, 3.63) is 0 Å². The van der Waals surface area contributed by atoms with Crippen molar-refractivity contribution in [2.75, 3.05) is 40.6 Å². The van der Waals surface area contributed by atoms with E-state index in [1.54, 1.807) is 14.2 Å². The minimum absolute atomic E-state index is 0.133. The predicted molar refractivity (Wildman–Crippen MR) is 51.9 cm³/mol. The highest BCUT2D eigenvalue weighted by Crippen LogP contribution is 1.84. The highest BCUT2D eigenvalue weighted by atomic mass is 16.5. The van der Waals surface area contributed by atoms with Gasteiger partial charge in [-0.05, 0) is 13.8 Å². The van der Waals surface area contributed by atoms with Gasteiger partial charge in [0.1, 0.15) is 0 Å². The fourth-order valence-corrected chi connectivity index (χ4v) is 0.512. The Balaban J connectivity index is 0. The first kappa shape index (κ1) is 15.3. The van der Waals surface area contributed by atoms with Crippen LogP contribution in [0.5, 0.6) is 0 Å². The largest absolute Gasteiger partial charge is 0.394 e. The van der Waals surface area contributed by atoms with Gasteiger partial charge in [0.05, 0.1) is 25.9 Å². The van der Waals surface area contributed by atoms with Crippen LogP contribution in [-0.2, 0) is 14.2 Å². The molecule has 1 atom stereocenters. The molecule has 0 aliphatic rings. The summed E-state index contributed by atoms with van der Waals surface area (Å²) in [6.45, 7) is 5.83. The first-order valence-electron chi connectivity index (χ1n) is 4.43. The molecule has 13 heavy (non-hydrogen) atoms. The van der Waals surface area contributed by atoms with Gasteiger partial charge in [-0.3, -0.25) is 0 Å². The quantitative estimate of drug-likeness (QED) is 0.632. The van der Waals surface area contributed by atoms with Crippen molar-refractivity contribution >= 4 is 0 Å². The summed E-state index contributed by atoms with van der Waals surface area (Å²) in [6, 6.07) is 0. The molecule has 0 fully saturated rings. The zero-order chi connectivity index (χ0) is 10.5. The number of rotatable bonds is 6. The summed E-state index contributed by atoms with van der Waals surface area (Å²) >= 11 is 0. The first-order valence-corrected chi connectivity index (χ1v) is 4.43. The number of hydrogen-bond acceptors (Lipinski definition) is 4. The van der Waals surface area contributed by atoms with Crippen molar-refractivity contribution in [2.45, 2.75) is 20.0 Å². The van der Waals surface area contributed by atoms with Crippen LogP contribution in [0.1, 0.15) is 13.8 Å². The third kappa shape index (κ3) is 18.7. The maximum Gasteiger partial charge on any atom is 0.0776 e. The Morgan fingerprint density at radius 1 is 1.31 bits per heavy atom. The molecule has 0 rings (SSSR count). The van der Waals surface area contributed by atoms with Gasteiger partial charge in [0.15, 0.2) is 0 Å². The van der Waals surface area contributed by atoms with E-state index >= 15 is 0 Å². The van der Waals surface area contributed by atoms with Gasteiger partial charge in [0, 0.05) is 20.8 Å². The van der Waals surface area contributed by atoms with Crippen LogP contribution in [0.25, 0.3) is 0 Å². The molecule has 1 unspecified atom stereocenters. The molecule has 1 N–H and O–H groups in total. The van der Waals surface area contributed by atoms with Crippen LogP contribution in [-0.4, -0.2) is 51.9 Å². The van der Waals surface area contributed by atoms with Crippen molar-refractivity contribution in [2.24, 2.45) is 0 Å². The summed E-state index contributed by atoms with van der Waals surface area (Å²) in [5, 5.41) is 8.07. The minimum atomic E-state index is 0.133. The zero-order valence-electron chi connectivity index (χ0n) is 9.08. The maximum absolute atomic E-state index is 8.07. The van der Waals surface area contributed by atoms with Crippen molar-refractivity contribution in [1.82, 2.24) is 0 Å². The van der Waals surface area contributed by atoms with Crippen LogP contribution < -0.4 is 0 Å².